The number of benzene rings is 1. The number of nitro groups is 1. The molecule has 0 radical (unpaired) electrons. The van der Waals surface area contributed by atoms with Gasteiger partial charge in [0.15, 0.2) is 6.61 Å². The number of non-ortho nitro benzene ring substituents is 1. The van der Waals surface area contributed by atoms with Crippen molar-refractivity contribution in [2.75, 3.05) is 19.5 Å². The average molecular weight is 398 g/mol. The van der Waals surface area contributed by atoms with Gasteiger partial charge in [-0.3, -0.25) is 19.7 Å². The van der Waals surface area contributed by atoms with Crippen molar-refractivity contribution in [2.45, 2.75) is 31.2 Å². The maximum absolute atomic E-state index is 11.9. The highest BCUT2D eigenvalue weighted by Crippen LogP contribution is 2.21. The van der Waals surface area contributed by atoms with Gasteiger partial charge in [-0.25, -0.2) is 4.79 Å². The van der Waals surface area contributed by atoms with Crippen LogP contribution in [0.15, 0.2) is 29.2 Å². The molecule has 1 amide bonds. The van der Waals surface area contributed by atoms with E-state index in [9.17, 15) is 24.5 Å². The Hall–Kier alpha value is -2.62. The lowest BCUT2D eigenvalue weighted by Crippen LogP contribution is -2.44. The highest BCUT2D eigenvalue weighted by atomic mass is 32.2. The van der Waals surface area contributed by atoms with Gasteiger partial charge in [0.1, 0.15) is 6.04 Å². The van der Waals surface area contributed by atoms with Crippen molar-refractivity contribution in [3.63, 3.8) is 0 Å². The van der Waals surface area contributed by atoms with Crippen molar-refractivity contribution in [3.05, 3.63) is 34.4 Å². The third-order valence-electron chi connectivity index (χ3n) is 3.30. The van der Waals surface area contributed by atoms with E-state index in [1.54, 1.807) is 0 Å². The lowest BCUT2D eigenvalue weighted by Gasteiger charge is -2.18. The Morgan fingerprint density at radius 1 is 1.22 bits per heavy atom. The lowest BCUT2D eigenvalue weighted by molar-refractivity contribution is -0.384. The van der Waals surface area contributed by atoms with Gasteiger partial charge in [0.25, 0.3) is 11.6 Å². The van der Waals surface area contributed by atoms with Crippen LogP contribution in [-0.4, -0.2) is 48.3 Å². The van der Waals surface area contributed by atoms with Crippen molar-refractivity contribution in [2.24, 2.45) is 5.92 Å². The van der Waals surface area contributed by atoms with Crippen LogP contribution in [0.1, 0.15) is 20.3 Å². The van der Waals surface area contributed by atoms with Gasteiger partial charge < -0.3 is 14.8 Å². The molecule has 0 heterocycles. The molecule has 10 heteroatoms. The molecule has 0 spiro atoms. The van der Waals surface area contributed by atoms with E-state index in [4.69, 9.17) is 4.74 Å². The number of thioether (sulfide) groups is 1. The summed E-state index contributed by atoms with van der Waals surface area (Å²) in [6.07, 6.45) is 0.405. The zero-order chi connectivity index (χ0) is 20.4. The van der Waals surface area contributed by atoms with Crippen molar-refractivity contribution >= 4 is 35.3 Å². The minimum Gasteiger partial charge on any atom is -0.467 e. The Labute approximate surface area is 160 Å². The van der Waals surface area contributed by atoms with E-state index >= 15 is 0 Å². The summed E-state index contributed by atoms with van der Waals surface area (Å²) in [6, 6.07) is 4.92. The Balaban J connectivity index is 2.40. The molecule has 0 aliphatic heterocycles. The van der Waals surface area contributed by atoms with Gasteiger partial charge in [0.2, 0.25) is 0 Å². The molecule has 0 aliphatic carbocycles. The molecule has 1 aromatic carbocycles. The highest BCUT2D eigenvalue weighted by molar-refractivity contribution is 8.00. The zero-order valence-electron chi connectivity index (χ0n) is 15.3. The normalized spacial score (nSPS) is 11.6. The van der Waals surface area contributed by atoms with E-state index in [2.05, 4.69) is 10.1 Å². The second-order valence-electron chi connectivity index (χ2n) is 5.97. The highest BCUT2D eigenvalue weighted by Gasteiger charge is 2.23. The van der Waals surface area contributed by atoms with Crippen LogP contribution < -0.4 is 5.32 Å². The van der Waals surface area contributed by atoms with E-state index in [1.165, 1.54) is 31.4 Å². The summed E-state index contributed by atoms with van der Waals surface area (Å²) >= 11 is 1.13. The van der Waals surface area contributed by atoms with Crippen LogP contribution in [0.4, 0.5) is 5.69 Å². The molecule has 1 atom stereocenters. The predicted octanol–water partition coefficient (Wildman–Crippen LogP) is 1.93. The van der Waals surface area contributed by atoms with Crippen LogP contribution in [0.25, 0.3) is 0 Å². The second kappa shape index (κ2) is 11.2. The number of ether oxygens (including phenoxy) is 2. The second-order valence-corrected chi connectivity index (χ2v) is 7.02. The van der Waals surface area contributed by atoms with Crippen LogP contribution in [0.5, 0.6) is 0 Å². The molecule has 0 unspecified atom stereocenters. The number of esters is 2. The van der Waals surface area contributed by atoms with Crippen LogP contribution in [0, 0.1) is 16.0 Å². The van der Waals surface area contributed by atoms with Crippen molar-refractivity contribution in [1.82, 2.24) is 5.32 Å². The fourth-order valence-electron chi connectivity index (χ4n) is 2.06. The number of carbonyl (C=O) groups is 3. The molecule has 27 heavy (non-hydrogen) atoms. The number of nitro benzene ring substituents is 1. The Bertz CT molecular complexity index is 676. The monoisotopic (exact) mass is 398 g/mol. The number of hydrogen-bond acceptors (Lipinski definition) is 8. The summed E-state index contributed by atoms with van der Waals surface area (Å²) < 4.78 is 9.52. The van der Waals surface area contributed by atoms with E-state index in [-0.39, 0.29) is 17.4 Å². The summed E-state index contributed by atoms with van der Waals surface area (Å²) in [7, 11) is 1.23. The number of hydrogen-bond donors (Lipinski definition) is 1. The van der Waals surface area contributed by atoms with Gasteiger partial charge >= 0.3 is 11.9 Å². The Morgan fingerprint density at radius 2 is 1.85 bits per heavy atom. The predicted molar refractivity (Wildman–Crippen MR) is 98.2 cm³/mol. The first-order valence-electron chi connectivity index (χ1n) is 8.13. The van der Waals surface area contributed by atoms with E-state index in [0.717, 1.165) is 11.8 Å². The van der Waals surface area contributed by atoms with Gasteiger partial charge in [0, 0.05) is 17.0 Å². The molecule has 0 aromatic heterocycles. The Morgan fingerprint density at radius 3 is 2.37 bits per heavy atom. The van der Waals surface area contributed by atoms with Gasteiger partial charge in [-0.05, 0) is 24.5 Å². The number of methoxy groups -OCH3 is 1. The van der Waals surface area contributed by atoms with E-state index in [1.807, 2.05) is 13.8 Å². The van der Waals surface area contributed by atoms with Crippen molar-refractivity contribution in [1.29, 1.82) is 0 Å². The maximum atomic E-state index is 11.9. The van der Waals surface area contributed by atoms with Crippen LogP contribution in [0.3, 0.4) is 0 Å². The molecule has 0 fully saturated rings. The average Bonchev–Trinajstić information content (AvgIpc) is 2.63. The molecule has 0 bridgehead atoms. The third kappa shape index (κ3) is 8.54. The molecule has 148 valence electrons. The number of nitrogens with one attached hydrogen (secondary N) is 1. The minimum atomic E-state index is -0.796. The van der Waals surface area contributed by atoms with Crippen LogP contribution >= 0.6 is 11.8 Å². The van der Waals surface area contributed by atoms with Crippen molar-refractivity contribution in [3.8, 4) is 0 Å². The summed E-state index contributed by atoms with van der Waals surface area (Å²) in [5.74, 6) is -1.67. The number of amides is 1. The van der Waals surface area contributed by atoms with E-state index < -0.39 is 35.4 Å². The standard InChI is InChI=1S/C17H22N2O7S/c1-11(2)8-14(17(22)25-3)18-15(20)9-26-16(21)10-27-13-6-4-12(5-7-13)19(23)24/h4-7,11,14H,8-10H2,1-3H3,(H,18,20)/t14-/m1/s1. The molecule has 1 rings (SSSR count). The summed E-state index contributed by atoms with van der Waals surface area (Å²) in [5, 5.41) is 13.1. The number of rotatable bonds is 10. The van der Waals surface area contributed by atoms with Gasteiger partial charge in [-0.2, -0.15) is 0 Å². The Kier molecular flexibility index (Phi) is 9.27. The molecule has 0 saturated carbocycles. The molecular weight excluding hydrogens is 376 g/mol. The smallest absolute Gasteiger partial charge is 0.328 e. The quantitative estimate of drug-likeness (QED) is 0.274. The maximum Gasteiger partial charge on any atom is 0.328 e. The molecule has 0 saturated heterocycles. The SMILES string of the molecule is COC(=O)[C@@H](CC(C)C)NC(=O)COC(=O)CSc1ccc([N+](=O)[O-])cc1. The van der Waals surface area contributed by atoms with Crippen LogP contribution in [-0.2, 0) is 23.9 Å². The number of carbonyl (C=O) groups excluding carboxylic acids is 3. The first-order chi connectivity index (χ1) is 12.7. The molecule has 9 nitrogen and oxygen atoms in total. The molecular formula is C17H22N2O7S. The van der Waals surface area contributed by atoms with Gasteiger partial charge in [-0.15, -0.1) is 11.8 Å². The zero-order valence-corrected chi connectivity index (χ0v) is 16.1. The van der Waals surface area contributed by atoms with Crippen molar-refractivity contribution < 1.29 is 28.8 Å². The molecule has 1 aromatic rings. The summed E-state index contributed by atoms with van der Waals surface area (Å²) in [6.45, 7) is 3.29. The fraction of sp³-hybridized carbons (Fsp3) is 0.471. The van der Waals surface area contributed by atoms with E-state index in [0.29, 0.717) is 11.3 Å². The first kappa shape index (κ1) is 22.4. The van der Waals surface area contributed by atoms with Crippen LogP contribution in [0.2, 0.25) is 0 Å². The van der Waals surface area contributed by atoms with Gasteiger partial charge in [0.05, 0.1) is 17.8 Å². The molecule has 0 aliphatic rings. The summed E-state index contributed by atoms with van der Waals surface area (Å²) in [5.41, 5.74) is -0.0415. The largest absolute Gasteiger partial charge is 0.467 e. The molecule has 1 N–H and O–H groups in total. The number of nitrogens with zero attached hydrogens (tertiary/aromatic N) is 1. The first-order valence-corrected chi connectivity index (χ1v) is 9.11. The third-order valence-corrected chi connectivity index (χ3v) is 4.28. The minimum absolute atomic E-state index is 0.0415. The summed E-state index contributed by atoms with van der Waals surface area (Å²) in [4.78, 5) is 46.0. The van der Waals surface area contributed by atoms with Gasteiger partial charge in [-0.1, -0.05) is 13.8 Å². The topological polar surface area (TPSA) is 125 Å². The fourth-order valence-corrected chi connectivity index (χ4v) is 2.75. The lowest BCUT2D eigenvalue weighted by atomic mass is 10.0.